The summed E-state index contributed by atoms with van der Waals surface area (Å²) in [6, 6.07) is 13.6. The second-order valence-electron chi connectivity index (χ2n) is 6.15. The molecule has 0 spiro atoms. The number of aliphatic carboxylic acids is 1. The highest BCUT2D eigenvalue weighted by Gasteiger charge is 2.32. The lowest BCUT2D eigenvalue weighted by Crippen LogP contribution is -2.33. The third-order valence-corrected chi connectivity index (χ3v) is 6.47. The molecule has 0 saturated carbocycles. The molecule has 0 aliphatic carbocycles. The number of nitrogens with zero attached hydrogens (tertiary/aromatic N) is 3. The fourth-order valence-corrected chi connectivity index (χ4v) is 4.88. The molecule has 1 amide bonds. The number of amides is 1. The van der Waals surface area contributed by atoms with E-state index in [1.165, 1.54) is 4.90 Å². The van der Waals surface area contributed by atoms with E-state index < -0.39 is 5.97 Å². The molecule has 3 heterocycles. The molecule has 3 aromatic rings. The van der Waals surface area contributed by atoms with Crippen LogP contribution in [0.15, 0.2) is 58.9 Å². The lowest BCUT2D eigenvalue weighted by Gasteiger charge is -2.14. The van der Waals surface area contributed by atoms with Crippen LogP contribution >= 0.6 is 35.3 Å². The van der Waals surface area contributed by atoms with Crippen molar-refractivity contribution in [1.29, 1.82) is 0 Å². The maximum absolute atomic E-state index is 12.7. The number of carbonyl (C=O) groups excluding carboxylic acids is 2. The Kier molecular flexibility index (Phi) is 5.61. The number of carbonyl (C=O) groups is 2. The van der Waals surface area contributed by atoms with E-state index in [1.807, 2.05) is 54.0 Å². The number of thioether (sulfide) groups is 1. The van der Waals surface area contributed by atoms with Crippen LogP contribution in [0, 0.1) is 0 Å². The molecule has 0 N–H and O–H groups in total. The number of thiocarbonyl (C=S) groups is 1. The number of aromatic nitrogens is 2. The first-order chi connectivity index (χ1) is 14.0. The van der Waals surface area contributed by atoms with E-state index in [4.69, 9.17) is 17.3 Å². The van der Waals surface area contributed by atoms with Gasteiger partial charge in [0.05, 0.1) is 15.5 Å². The Bertz CT molecular complexity index is 1100. The Morgan fingerprint density at radius 2 is 2.00 bits per heavy atom. The summed E-state index contributed by atoms with van der Waals surface area (Å²) in [4.78, 5) is 26.2. The molecule has 1 saturated heterocycles. The molecular weight excluding hydrogens is 426 g/mol. The topological polar surface area (TPSA) is 78.3 Å². The quantitative estimate of drug-likeness (QED) is 0.433. The van der Waals surface area contributed by atoms with Gasteiger partial charge < -0.3 is 9.90 Å². The normalized spacial score (nSPS) is 15.4. The summed E-state index contributed by atoms with van der Waals surface area (Å²) in [6.45, 7) is 0.00536. The fraction of sp³-hybridized carbons (Fsp3) is 0.100. The molecule has 29 heavy (non-hydrogen) atoms. The zero-order chi connectivity index (χ0) is 20.4. The standard InChI is InChI=1S/C20H15N3O3S3/c24-17(25)8-9-22-19(26)16(29-20(22)27)11-13-12-23(14-5-2-1-3-6-14)21-18(13)15-7-4-10-28-15/h1-7,10-12H,8-9H2,(H,24,25)/p-1/b16-11-. The Morgan fingerprint density at radius 1 is 1.21 bits per heavy atom. The van der Waals surface area contributed by atoms with E-state index in [-0.39, 0.29) is 18.9 Å². The van der Waals surface area contributed by atoms with E-state index in [0.29, 0.717) is 9.23 Å². The molecule has 0 bridgehead atoms. The van der Waals surface area contributed by atoms with Crippen LogP contribution in [0.4, 0.5) is 0 Å². The molecule has 2 aromatic heterocycles. The van der Waals surface area contributed by atoms with E-state index in [2.05, 4.69) is 0 Å². The van der Waals surface area contributed by atoms with Gasteiger partial charge in [0, 0.05) is 30.7 Å². The lowest BCUT2D eigenvalue weighted by atomic mass is 10.2. The Labute approximate surface area is 180 Å². The third kappa shape index (κ3) is 4.16. The van der Waals surface area contributed by atoms with Crippen LogP contribution < -0.4 is 5.11 Å². The number of hydrogen-bond acceptors (Lipinski definition) is 7. The largest absolute Gasteiger partial charge is 0.550 e. The molecule has 0 radical (unpaired) electrons. The van der Waals surface area contributed by atoms with Gasteiger partial charge in [0.15, 0.2) is 0 Å². The van der Waals surface area contributed by atoms with Crippen molar-refractivity contribution >= 4 is 57.6 Å². The van der Waals surface area contributed by atoms with Crippen LogP contribution in [0.5, 0.6) is 0 Å². The van der Waals surface area contributed by atoms with Crippen molar-refractivity contribution in [3.63, 3.8) is 0 Å². The maximum atomic E-state index is 12.7. The van der Waals surface area contributed by atoms with Crippen LogP contribution in [-0.4, -0.2) is 37.4 Å². The molecule has 0 atom stereocenters. The molecule has 0 unspecified atom stereocenters. The highest BCUT2D eigenvalue weighted by atomic mass is 32.2. The molecule has 1 aliphatic rings. The van der Waals surface area contributed by atoms with Crippen molar-refractivity contribution < 1.29 is 14.7 Å². The fourth-order valence-electron chi connectivity index (χ4n) is 2.85. The van der Waals surface area contributed by atoms with Gasteiger partial charge in [0.2, 0.25) is 0 Å². The SMILES string of the molecule is O=C([O-])CCN1C(=O)/C(=C/c2cn(-c3ccccc3)nc2-c2cccs2)SC1=S. The number of para-hydroxylation sites is 1. The first-order valence-corrected chi connectivity index (χ1v) is 10.8. The maximum Gasteiger partial charge on any atom is 0.266 e. The summed E-state index contributed by atoms with van der Waals surface area (Å²) in [7, 11) is 0. The summed E-state index contributed by atoms with van der Waals surface area (Å²) in [5.74, 6) is -1.52. The lowest BCUT2D eigenvalue weighted by molar-refractivity contribution is -0.305. The van der Waals surface area contributed by atoms with Crippen molar-refractivity contribution in [2.75, 3.05) is 6.54 Å². The van der Waals surface area contributed by atoms with E-state index in [1.54, 1.807) is 22.1 Å². The van der Waals surface area contributed by atoms with Crippen LogP contribution in [0.25, 0.3) is 22.3 Å². The van der Waals surface area contributed by atoms with Gasteiger partial charge >= 0.3 is 0 Å². The zero-order valence-electron chi connectivity index (χ0n) is 15.0. The van der Waals surface area contributed by atoms with Crippen molar-refractivity contribution in [2.24, 2.45) is 0 Å². The molecule has 1 aromatic carbocycles. The molecule has 9 heteroatoms. The highest BCUT2D eigenvalue weighted by Crippen LogP contribution is 2.35. The van der Waals surface area contributed by atoms with Gasteiger partial charge in [-0.1, -0.05) is 48.2 Å². The first-order valence-electron chi connectivity index (χ1n) is 8.67. The van der Waals surface area contributed by atoms with Crippen molar-refractivity contribution in [1.82, 2.24) is 14.7 Å². The van der Waals surface area contributed by atoms with Crippen molar-refractivity contribution in [3.05, 3.63) is 64.5 Å². The Morgan fingerprint density at radius 3 is 2.69 bits per heavy atom. The first kappa shape index (κ1) is 19.6. The summed E-state index contributed by atoms with van der Waals surface area (Å²) < 4.78 is 2.12. The van der Waals surface area contributed by atoms with Crippen LogP contribution in [0.2, 0.25) is 0 Å². The number of thiophene rings is 1. The van der Waals surface area contributed by atoms with Gasteiger partial charge in [0.25, 0.3) is 5.91 Å². The molecule has 146 valence electrons. The van der Waals surface area contributed by atoms with Crippen molar-refractivity contribution in [2.45, 2.75) is 6.42 Å². The second kappa shape index (κ2) is 8.32. The third-order valence-electron chi connectivity index (χ3n) is 4.22. The van der Waals surface area contributed by atoms with Crippen LogP contribution in [-0.2, 0) is 9.59 Å². The number of rotatable bonds is 6. The van der Waals surface area contributed by atoms with Crippen molar-refractivity contribution in [3.8, 4) is 16.3 Å². The predicted molar refractivity (Wildman–Crippen MR) is 116 cm³/mol. The number of carboxylic acid groups (broad SMARTS) is 1. The van der Waals surface area contributed by atoms with Gasteiger partial charge in [-0.3, -0.25) is 9.69 Å². The zero-order valence-corrected chi connectivity index (χ0v) is 17.4. The van der Waals surface area contributed by atoms with Gasteiger partial charge in [-0.2, -0.15) is 5.10 Å². The van der Waals surface area contributed by atoms with Gasteiger partial charge in [-0.15, -0.1) is 11.3 Å². The average molecular weight is 441 g/mol. The average Bonchev–Trinajstić information content (AvgIpc) is 3.42. The highest BCUT2D eigenvalue weighted by molar-refractivity contribution is 8.26. The number of hydrogen-bond donors (Lipinski definition) is 0. The summed E-state index contributed by atoms with van der Waals surface area (Å²) in [5.41, 5.74) is 2.46. The van der Waals surface area contributed by atoms with Crippen LogP contribution in [0.1, 0.15) is 12.0 Å². The molecule has 1 aliphatic heterocycles. The van der Waals surface area contributed by atoms with E-state index >= 15 is 0 Å². The number of carboxylic acids is 1. The van der Waals surface area contributed by atoms with Gasteiger partial charge in [-0.25, -0.2) is 4.68 Å². The molecule has 6 nitrogen and oxygen atoms in total. The monoisotopic (exact) mass is 440 g/mol. The summed E-state index contributed by atoms with van der Waals surface area (Å²) in [5, 5.41) is 17.4. The number of benzene rings is 1. The van der Waals surface area contributed by atoms with Gasteiger partial charge in [-0.05, 0) is 29.7 Å². The summed E-state index contributed by atoms with van der Waals surface area (Å²) in [6.07, 6.45) is 3.38. The van der Waals surface area contributed by atoms with Crippen LogP contribution in [0.3, 0.4) is 0 Å². The molecular formula is C20H14N3O3S3-. The summed E-state index contributed by atoms with van der Waals surface area (Å²) >= 11 is 7.98. The predicted octanol–water partition coefficient (Wildman–Crippen LogP) is 2.94. The smallest absolute Gasteiger partial charge is 0.266 e. The Balaban J connectivity index is 1.71. The second-order valence-corrected chi connectivity index (χ2v) is 8.77. The molecule has 4 rings (SSSR count). The minimum Gasteiger partial charge on any atom is -0.550 e. The van der Waals surface area contributed by atoms with E-state index in [0.717, 1.165) is 33.6 Å². The minimum atomic E-state index is -1.22. The van der Waals surface area contributed by atoms with E-state index in [9.17, 15) is 14.7 Å². The van der Waals surface area contributed by atoms with Gasteiger partial charge in [0.1, 0.15) is 10.0 Å². The molecule has 1 fully saturated rings. The Hall–Kier alpha value is -2.75. The minimum absolute atomic E-state index is 0.00536.